The number of aliphatic hydroxyl groups excluding tert-OH is 1. The van der Waals surface area contributed by atoms with E-state index in [0.29, 0.717) is 12.0 Å². The normalized spacial score (nSPS) is 20.1. The van der Waals surface area contributed by atoms with Crippen LogP contribution in [0.5, 0.6) is 0 Å². The zero-order valence-electron chi connectivity index (χ0n) is 11.0. The summed E-state index contributed by atoms with van der Waals surface area (Å²) in [6.45, 7) is 0. The molecule has 0 radical (unpaired) electrons. The van der Waals surface area contributed by atoms with E-state index in [1.807, 2.05) is 24.3 Å². The van der Waals surface area contributed by atoms with Crippen molar-refractivity contribution in [3.8, 4) is 0 Å². The minimum atomic E-state index is -0.643. The van der Waals surface area contributed by atoms with Gasteiger partial charge in [0.2, 0.25) is 0 Å². The van der Waals surface area contributed by atoms with E-state index in [1.54, 1.807) is 0 Å². The molecule has 0 saturated carbocycles. The second kappa shape index (κ2) is 5.58. The highest BCUT2D eigenvalue weighted by molar-refractivity contribution is 9.10. The molecular formula is C16H13BrFNO2. The second-order valence-electron chi connectivity index (χ2n) is 5.05. The molecule has 0 spiro atoms. The molecule has 2 atom stereocenters. The first-order chi connectivity index (χ1) is 10.1. The van der Waals surface area contributed by atoms with Gasteiger partial charge in [0, 0.05) is 12.0 Å². The van der Waals surface area contributed by atoms with Crippen LogP contribution in [0.15, 0.2) is 46.9 Å². The first-order valence-corrected chi connectivity index (χ1v) is 7.37. The number of hydrogen-bond donors (Lipinski definition) is 2. The topological polar surface area (TPSA) is 49.3 Å². The Bertz CT molecular complexity index is 704. The lowest BCUT2D eigenvalue weighted by molar-refractivity contribution is 0.0858. The molecule has 3 rings (SSSR count). The molecule has 0 unspecified atom stereocenters. The van der Waals surface area contributed by atoms with Crippen LogP contribution in [-0.4, -0.2) is 17.1 Å². The Morgan fingerprint density at radius 2 is 2.05 bits per heavy atom. The highest BCUT2D eigenvalue weighted by Crippen LogP contribution is 2.31. The van der Waals surface area contributed by atoms with E-state index in [9.17, 15) is 14.3 Å². The van der Waals surface area contributed by atoms with Crippen molar-refractivity contribution in [3.05, 3.63) is 69.4 Å². The molecule has 1 aliphatic carbocycles. The predicted molar refractivity (Wildman–Crippen MR) is 80.5 cm³/mol. The summed E-state index contributed by atoms with van der Waals surface area (Å²) >= 11 is 3.06. The summed E-state index contributed by atoms with van der Waals surface area (Å²) in [7, 11) is 0. The van der Waals surface area contributed by atoms with Crippen LogP contribution in [0.4, 0.5) is 4.39 Å². The number of fused-ring (bicyclic) bond motifs is 1. The van der Waals surface area contributed by atoms with Gasteiger partial charge in [0.1, 0.15) is 5.82 Å². The number of carbonyl (C=O) groups is 1. The SMILES string of the molecule is O=C(N[C@@H]1c2ccccc2C[C@@H]1O)c1ccc(F)c(Br)c1. The number of rotatable bonds is 2. The molecule has 2 aromatic carbocycles. The zero-order chi connectivity index (χ0) is 15.0. The number of carbonyl (C=O) groups excluding carboxylic acids is 1. The van der Waals surface area contributed by atoms with E-state index in [0.717, 1.165) is 11.1 Å². The molecule has 2 aromatic rings. The number of halogens is 2. The Morgan fingerprint density at radius 3 is 2.81 bits per heavy atom. The highest BCUT2D eigenvalue weighted by Gasteiger charge is 2.32. The van der Waals surface area contributed by atoms with Crippen LogP contribution in [-0.2, 0) is 6.42 Å². The molecular weight excluding hydrogens is 337 g/mol. The van der Waals surface area contributed by atoms with E-state index in [-0.39, 0.29) is 10.4 Å². The maximum atomic E-state index is 13.2. The van der Waals surface area contributed by atoms with Gasteiger partial charge in [-0.05, 0) is 45.3 Å². The lowest BCUT2D eigenvalue weighted by Gasteiger charge is -2.18. The summed E-state index contributed by atoms with van der Waals surface area (Å²) in [4.78, 5) is 12.3. The van der Waals surface area contributed by atoms with E-state index < -0.39 is 18.0 Å². The van der Waals surface area contributed by atoms with Gasteiger partial charge in [-0.2, -0.15) is 0 Å². The number of hydrogen-bond acceptors (Lipinski definition) is 2. The first-order valence-electron chi connectivity index (χ1n) is 6.58. The number of benzene rings is 2. The van der Waals surface area contributed by atoms with Crippen molar-refractivity contribution in [2.45, 2.75) is 18.6 Å². The van der Waals surface area contributed by atoms with Crippen LogP contribution in [0.25, 0.3) is 0 Å². The minimum Gasteiger partial charge on any atom is -0.390 e. The average Bonchev–Trinajstić information content (AvgIpc) is 2.78. The molecule has 0 saturated heterocycles. The maximum Gasteiger partial charge on any atom is 0.251 e. The monoisotopic (exact) mass is 349 g/mol. The van der Waals surface area contributed by atoms with Crippen molar-refractivity contribution in [2.75, 3.05) is 0 Å². The van der Waals surface area contributed by atoms with Gasteiger partial charge in [0.25, 0.3) is 5.91 Å². The quantitative estimate of drug-likeness (QED) is 0.875. The molecule has 3 nitrogen and oxygen atoms in total. The summed E-state index contributed by atoms with van der Waals surface area (Å²) in [5.74, 6) is -0.755. The van der Waals surface area contributed by atoms with Crippen LogP contribution in [0.3, 0.4) is 0 Å². The Labute approximate surface area is 129 Å². The Hall–Kier alpha value is -1.72. The third kappa shape index (κ3) is 2.71. The summed E-state index contributed by atoms with van der Waals surface area (Å²) < 4.78 is 13.4. The van der Waals surface area contributed by atoms with Gasteiger partial charge in [-0.15, -0.1) is 0 Å². The van der Waals surface area contributed by atoms with E-state index in [1.165, 1.54) is 18.2 Å². The molecule has 0 heterocycles. The van der Waals surface area contributed by atoms with Gasteiger partial charge >= 0.3 is 0 Å². The largest absolute Gasteiger partial charge is 0.390 e. The van der Waals surface area contributed by atoms with Gasteiger partial charge in [-0.25, -0.2) is 4.39 Å². The maximum absolute atomic E-state index is 13.2. The van der Waals surface area contributed by atoms with Crippen molar-refractivity contribution < 1.29 is 14.3 Å². The van der Waals surface area contributed by atoms with E-state index in [2.05, 4.69) is 21.2 Å². The van der Waals surface area contributed by atoms with Gasteiger partial charge in [0.05, 0.1) is 16.6 Å². The first kappa shape index (κ1) is 14.2. The fourth-order valence-corrected chi connectivity index (χ4v) is 2.99. The summed E-state index contributed by atoms with van der Waals surface area (Å²) in [5, 5.41) is 12.9. The highest BCUT2D eigenvalue weighted by atomic mass is 79.9. The van der Waals surface area contributed by atoms with Crippen LogP contribution in [0, 0.1) is 5.82 Å². The zero-order valence-corrected chi connectivity index (χ0v) is 12.6. The Balaban J connectivity index is 1.83. The summed E-state index contributed by atoms with van der Waals surface area (Å²) in [6, 6.07) is 11.3. The molecule has 21 heavy (non-hydrogen) atoms. The van der Waals surface area contributed by atoms with Gasteiger partial charge in [0.15, 0.2) is 0 Å². The number of nitrogens with one attached hydrogen (secondary N) is 1. The number of aliphatic hydroxyl groups is 1. The average molecular weight is 350 g/mol. The van der Waals surface area contributed by atoms with Gasteiger partial charge < -0.3 is 10.4 Å². The van der Waals surface area contributed by atoms with Crippen molar-refractivity contribution in [3.63, 3.8) is 0 Å². The lowest BCUT2D eigenvalue weighted by atomic mass is 10.1. The summed E-state index contributed by atoms with van der Waals surface area (Å²) in [5.41, 5.74) is 2.31. The molecule has 1 aliphatic rings. The van der Waals surface area contributed by atoms with Crippen molar-refractivity contribution in [1.29, 1.82) is 0 Å². The molecule has 0 aromatic heterocycles. The molecule has 0 bridgehead atoms. The minimum absolute atomic E-state index is 0.238. The van der Waals surface area contributed by atoms with E-state index in [4.69, 9.17) is 0 Å². The van der Waals surface area contributed by atoms with Gasteiger partial charge in [-0.3, -0.25) is 4.79 Å². The molecule has 5 heteroatoms. The third-order valence-corrected chi connectivity index (χ3v) is 4.28. The van der Waals surface area contributed by atoms with E-state index >= 15 is 0 Å². The molecule has 0 aliphatic heterocycles. The van der Waals surface area contributed by atoms with Crippen LogP contribution >= 0.6 is 15.9 Å². The van der Waals surface area contributed by atoms with Crippen LogP contribution in [0.2, 0.25) is 0 Å². The third-order valence-electron chi connectivity index (χ3n) is 3.67. The van der Waals surface area contributed by atoms with Crippen molar-refractivity contribution in [2.24, 2.45) is 0 Å². The van der Waals surface area contributed by atoms with Crippen LogP contribution < -0.4 is 5.32 Å². The predicted octanol–water partition coefficient (Wildman–Crippen LogP) is 2.98. The molecule has 0 fully saturated rings. The number of amides is 1. The molecule has 1 amide bonds. The summed E-state index contributed by atoms with van der Waals surface area (Å²) in [6.07, 6.45) is -0.121. The van der Waals surface area contributed by atoms with Gasteiger partial charge in [-0.1, -0.05) is 24.3 Å². The standard InChI is InChI=1S/C16H13BrFNO2/c17-12-7-10(5-6-13(12)18)16(21)19-15-11-4-2-1-3-9(11)8-14(15)20/h1-7,14-15,20H,8H2,(H,19,21)/t14-,15+/m0/s1. The van der Waals surface area contributed by atoms with Crippen LogP contribution in [0.1, 0.15) is 27.5 Å². The van der Waals surface area contributed by atoms with Crippen molar-refractivity contribution in [1.82, 2.24) is 5.32 Å². The fourth-order valence-electron chi connectivity index (χ4n) is 2.61. The molecule has 2 N–H and O–H groups in total. The fraction of sp³-hybridized carbons (Fsp3) is 0.188. The molecule has 108 valence electrons. The lowest BCUT2D eigenvalue weighted by Crippen LogP contribution is -2.33. The smallest absolute Gasteiger partial charge is 0.251 e. The second-order valence-corrected chi connectivity index (χ2v) is 5.90. The Kier molecular flexibility index (Phi) is 3.78. The van der Waals surface area contributed by atoms with Crippen molar-refractivity contribution >= 4 is 21.8 Å². The Morgan fingerprint density at radius 1 is 1.29 bits per heavy atom.